The largest absolute Gasteiger partial charge is 0.0726 e. The SMILES string of the molecule is C(=C\c1ccc2c(c1)C1(c3cc(/C=C/c4ccccc4)ccc3-2)c2cc(/C=C/c3ccccc3)ccc2-c2ccc(/C=C/c3ccccc3)cc21)/c1ccccc1. The molecule has 1 spiro atoms. The average Bonchev–Trinajstić information content (AvgIpc) is 3.73. The Morgan fingerprint density at radius 2 is 0.421 bits per heavy atom. The van der Waals surface area contributed by atoms with E-state index in [4.69, 9.17) is 0 Å². The van der Waals surface area contributed by atoms with Crippen molar-refractivity contribution in [1.29, 1.82) is 0 Å². The zero-order valence-corrected chi connectivity index (χ0v) is 31.6. The van der Waals surface area contributed by atoms with Crippen molar-refractivity contribution in [2.45, 2.75) is 5.41 Å². The molecule has 57 heavy (non-hydrogen) atoms. The van der Waals surface area contributed by atoms with Gasteiger partial charge in [0.05, 0.1) is 5.41 Å². The fourth-order valence-electron chi connectivity index (χ4n) is 8.74. The standard InChI is InChI=1S/C57H40/c1-5-13-41(14-6-1)21-25-45-29-33-49-50-34-30-46(26-22-42-15-7-2-8-16-42)38-54(50)57(53(49)37-45)55-39-47(27-23-43-17-9-3-10-18-43)31-35-51(55)52-36-32-48(40-56(52)57)28-24-44-19-11-4-12-20-44/h1-40H/b25-21+,26-22+,27-23+,28-24+. The van der Waals surface area contributed by atoms with Gasteiger partial charge in [-0.3, -0.25) is 0 Å². The maximum Gasteiger partial charge on any atom is 0.0726 e. The molecule has 0 heteroatoms. The van der Waals surface area contributed by atoms with Crippen LogP contribution in [-0.4, -0.2) is 0 Å². The highest BCUT2D eigenvalue weighted by atomic mass is 14.5. The van der Waals surface area contributed by atoms with E-state index in [1.807, 2.05) is 0 Å². The van der Waals surface area contributed by atoms with Crippen LogP contribution in [0.1, 0.15) is 66.8 Å². The molecule has 0 saturated carbocycles. The van der Waals surface area contributed by atoms with Crippen LogP contribution >= 0.6 is 0 Å². The lowest BCUT2D eigenvalue weighted by Gasteiger charge is -2.31. The van der Waals surface area contributed by atoms with Gasteiger partial charge in [-0.25, -0.2) is 0 Å². The van der Waals surface area contributed by atoms with Crippen molar-refractivity contribution in [2.75, 3.05) is 0 Å². The van der Waals surface area contributed by atoms with E-state index in [0.29, 0.717) is 0 Å². The van der Waals surface area contributed by atoms with Crippen molar-refractivity contribution < 1.29 is 0 Å². The number of hydrogen-bond donors (Lipinski definition) is 0. The molecule has 0 atom stereocenters. The summed E-state index contributed by atoms with van der Waals surface area (Å²) in [7, 11) is 0. The molecule has 0 nitrogen and oxygen atoms in total. The molecule has 0 N–H and O–H groups in total. The van der Waals surface area contributed by atoms with Gasteiger partial charge in [-0.1, -0.05) is 218 Å². The van der Waals surface area contributed by atoms with Crippen LogP contribution in [0.25, 0.3) is 70.9 Å². The first-order chi connectivity index (χ1) is 28.2. The van der Waals surface area contributed by atoms with E-state index in [1.54, 1.807) is 0 Å². The third kappa shape index (κ3) is 6.42. The Balaban J connectivity index is 1.21. The van der Waals surface area contributed by atoms with E-state index in [9.17, 15) is 0 Å². The van der Waals surface area contributed by atoms with Gasteiger partial charge >= 0.3 is 0 Å². The highest BCUT2D eigenvalue weighted by Crippen LogP contribution is 2.63. The molecule has 268 valence electrons. The molecule has 10 rings (SSSR count). The van der Waals surface area contributed by atoms with Crippen LogP contribution in [-0.2, 0) is 5.41 Å². The molecule has 0 aromatic heterocycles. The Hall–Kier alpha value is -7.28. The highest BCUT2D eigenvalue weighted by molar-refractivity contribution is 5.97. The van der Waals surface area contributed by atoms with Crippen LogP contribution in [0.5, 0.6) is 0 Å². The van der Waals surface area contributed by atoms with Gasteiger partial charge in [-0.15, -0.1) is 0 Å². The van der Waals surface area contributed by atoms with Crippen LogP contribution in [0.4, 0.5) is 0 Å². The Bertz CT molecular complexity index is 2450. The summed E-state index contributed by atoms with van der Waals surface area (Å²) in [5.74, 6) is 0. The summed E-state index contributed by atoms with van der Waals surface area (Å²) in [6.45, 7) is 0. The van der Waals surface area contributed by atoms with E-state index in [2.05, 4.69) is 243 Å². The zero-order chi connectivity index (χ0) is 38.0. The fraction of sp³-hybridized carbons (Fsp3) is 0.0175. The Kier molecular flexibility index (Phi) is 8.86. The van der Waals surface area contributed by atoms with Gasteiger partial charge in [0.25, 0.3) is 0 Å². The van der Waals surface area contributed by atoms with Crippen molar-refractivity contribution in [2.24, 2.45) is 0 Å². The lowest BCUT2D eigenvalue weighted by atomic mass is 9.69. The van der Waals surface area contributed by atoms with Crippen molar-refractivity contribution in [3.63, 3.8) is 0 Å². The Morgan fingerprint density at radius 3 is 0.649 bits per heavy atom. The molecule has 2 aliphatic rings. The second-order valence-corrected chi connectivity index (χ2v) is 14.9. The summed E-state index contributed by atoms with van der Waals surface area (Å²) in [4.78, 5) is 0. The van der Waals surface area contributed by atoms with Crippen LogP contribution in [0.3, 0.4) is 0 Å². The third-order valence-corrected chi connectivity index (χ3v) is 11.4. The molecule has 0 saturated heterocycles. The number of benzene rings is 8. The quantitative estimate of drug-likeness (QED) is 0.137. The van der Waals surface area contributed by atoms with Gasteiger partial charge in [0.15, 0.2) is 0 Å². The Labute approximate surface area is 335 Å². The van der Waals surface area contributed by atoms with Gasteiger partial charge in [0.2, 0.25) is 0 Å². The molecule has 0 radical (unpaired) electrons. The normalized spacial score (nSPS) is 13.5. The summed E-state index contributed by atoms with van der Waals surface area (Å²) in [5.41, 5.74) is 19.4. The predicted molar refractivity (Wildman–Crippen MR) is 244 cm³/mol. The zero-order valence-electron chi connectivity index (χ0n) is 31.6. The summed E-state index contributed by atoms with van der Waals surface area (Å²) in [6, 6.07) is 70.6. The van der Waals surface area contributed by atoms with E-state index in [1.165, 1.54) is 89.0 Å². The van der Waals surface area contributed by atoms with Gasteiger partial charge in [-0.05, 0) is 113 Å². The first-order valence-electron chi connectivity index (χ1n) is 19.7. The van der Waals surface area contributed by atoms with E-state index in [-0.39, 0.29) is 0 Å². The molecule has 0 amide bonds. The molecule has 8 aromatic rings. The third-order valence-electron chi connectivity index (χ3n) is 11.4. The van der Waals surface area contributed by atoms with E-state index < -0.39 is 5.41 Å². The monoisotopic (exact) mass is 724 g/mol. The van der Waals surface area contributed by atoms with Crippen molar-refractivity contribution in [1.82, 2.24) is 0 Å². The van der Waals surface area contributed by atoms with Crippen LogP contribution in [0, 0.1) is 0 Å². The number of rotatable bonds is 8. The summed E-state index contributed by atoms with van der Waals surface area (Å²) < 4.78 is 0. The second kappa shape index (κ2) is 14.8. The fourth-order valence-corrected chi connectivity index (χ4v) is 8.74. The van der Waals surface area contributed by atoms with Gasteiger partial charge < -0.3 is 0 Å². The molecule has 0 aliphatic heterocycles. The van der Waals surface area contributed by atoms with Crippen molar-refractivity contribution in [3.8, 4) is 22.3 Å². The average molecular weight is 725 g/mol. The Morgan fingerprint density at radius 1 is 0.211 bits per heavy atom. The summed E-state index contributed by atoms with van der Waals surface area (Å²) >= 11 is 0. The van der Waals surface area contributed by atoms with Crippen LogP contribution in [0.15, 0.2) is 194 Å². The topological polar surface area (TPSA) is 0 Å². The molecular weight excluding hydrogens is 685 g/mol. The smallest absolute Gasteiger partial charge is 0.0622 e. The number of fused-ring (bicyclic) bond motifs is 10. The van der Waals surface area contributed by atoms with Gasteiger partial charge in [-0.2, -0.15) is 0 Å². The summed E-state index contributed by atoms with van der Waals surface area (Å²) in [5, 5.41) is 0. The minimum Gasteiger partial charge on any atom is -0.0622 e. The molecule has 2 aliphatic carbocycles. The van der Waals surface area contributed by atoms with Crippen molar-refractivity contribution >= 4 is 48.6 Å². The van der Waals surface area contributed by atoms with Gasteiger partial charge in [0, 0.05) is 0 Å². The molecular formula is C57H40. The lowest BCUT2D eigenvalue weighted by molar-refractivity contribution is 0.792. The minimum absolute atomic E-state index is 0.532. The lowest BCUT2D eigenvalue weighted by Crippen LogP contribution is -2.26. The van der Waals surface area contributed by atoms with Crippen molar-refractivity contribution in [3.05, 3.63) is 261 Å². The number of hydrogen-bond acceptors (Lipinski definition) is 0. The molecule has 0 fully saturated rings. The molecule has 0 unspecified atom stereocenters. The van der Waals surface area contributed by atoms with Crippen LogP contribution < -0.4 is 0 Å². The maximum atomic E-state index is 2.45. The second-order valence-electron chi connectivity index (χ2n) is 14.9. The molecule has 0 heterocycles. The predicted octanol–water partition coefficient (Wildman–Crippen LogP) is 14.7. The highest BCUT2D eigenvalue weighted by Gasteiger charge is 2.52. The molecule has 8 aromatic carbocycles. The first kappa shape index (κ1) is 34.2. The summed E-state index contributed by atoms with van der Waals surface area (Å²) in [6.07, 6.45) is 17.9. The molecule has 0 bridgehead atoms. The maximum absolute atomic E-state index is 2.45. The van der Waals surface area contributed by atoms with E-state index in [0.717, 1.165) is 0 Å². The van der Waals surface area contributed by atoms with Crippen LogP contribution in [0.2, 0.25) is 0 Å². The van der Waals surface area contributed by atoms with E-state index >= 15 is 0 Å². The minimum atomic E-state index is -0.532. The first-order valence-corrected chi connectivity index (χ1v) is 19.7. The van der Waals surface area contributed by atoms with Gasteiger partial charge in [0.1, 0.15) is 0 Å².